The Morgan fingerprint density at radius 1 is 1.33 bits per heavy atom. The third-order valence-corrected chi connectivity index (χ3v) is 3.12. The van der Waals surface area contributed by atoms with Gasteiger partial charge in [-0.05, 0) is 30.7 Å². The summed E-state index contributed by atoms with van der Waals surface area (Å²) in [5, 5.41) is 14.4. The van der Waals surface area contributed by atoms with Gasteiger partial charge in [-0.25, -0.2) is 0 Å². The molecule has 1 aromatic heterocycles. The van der Waals surface area contributed by atoms with Crippen LogP contribution in [0.5, 0.6) is 0 Å². The normalized spacial score (nSPS) is 10.2. The standard InChI is InChI=1S/C15H18N4O2/c1-3-17-13-7-4-8-14(15(13)19(20)21)18(2)11-12-6-5-9-16-10-12/h4-10,17H,3,11H2,1-2H3. The fourth-order valence-corrected chi connectivity index (χ4v) is 2.22. The number of hydrogen-bond acceptors (Lipinski definition) is 5. The van der Waals surface area contributed by atoms with Crippen LogP contribution in [0.3, 0.4) is 0 Å². The molecule has 0 saturated heterocycles. The largest absolute Gasteiger partial charge is 0.380 e. The van der Waals surface area contributed by atoms with Crippen LogP contribution < -0.4 is 10.2 Å². The molecule has 0 bridgehead atoms. The molecular weight excluding hydrogens is 268 g/mol. The molecule has 2 aromatic rings. The lowest BCUT2D eigenvalue weighted by Gasteiger charge is -2.20. The third kappa shape index (κ3) is 3.47. The zero-order valence-electron chi connectivity index (χ0n) is 12.1. The van der Waals surface area contributed by atoms with Gasteiger partial charge in [0, 0.05) is 32.5 Å². The number of hydrogen-bond donors (Lipinski definition) is 1. The van der Waals surface area contributed by atoms with Crippen molar-refractivity contribution in [1.82, 2.24) is 4.98 Å². The molecule has 110 valence electrons. The fraction of sp³-hybridized carbons (Fsp3) is 0.267. The molecule has 6 nitrogen and oxygen atoms in total. The summed E-state index contributed by atoms with van der Waals surface area (Å²) in [5.74, 6) is 0. The molecule has 0 saturated carbocycles. The smallest absolute Gasteiger partial charge is 0.315 e. The monoisotopic (exact) mass is 286 g/mol. The molecule has 0 amide bonds. The summed E-state index contributed by atoms with van der Waals surface area (Å²) in [6, 6.07) is 9.11. The van der Waals surface area contributed by atoms with Crippen molar-refractivity contribution in [2.75, 3.05) is 23.8 Å². The van der Waals surface area contributed by atoms with Gasteiger partial charge in [0.15, 0.2) is 0 Å². The van der Waals surface area contributed by atoms with Crippen LogP contribution in [0.25, 0.3) is 0 Å². The number of nitrogens with one attached hydrogen (secondary N) is 1. The van der Waals surface area contributed by atoms with Gasteiger partial charge in [0.1, 0.15) is 11.4 Å². The van der Waals surface area contributed by atoms with Crippen molar-refractivity contribution in [3.63, 3.8) is 0 Å². The molecule has 0 spiro atoms. The first-order valence-electron chi connectivity index (χ1n) is 6.74. The first-order valence-corrected chi connectivity index (χ1v) is 6.74. The van der Waals surface area contributed by atoms with Crippen molar-refractivity contribution in [3.05, 3.63) is 58.4 Å². The Labute approximate surface area is 123 Å². The Morgan fingerprint density at radius 3 is 2.76 bits per heavy atom. The van der Waals surface area contributed by atoms with Gasteiger partial charge in [0.05, 0.1) is 4.92 Å². The number of pyridine rings is 1. The Kier molecular flexibility index (Phi) is 4.71. The van der Waals surface area contributed by atoms with E-state index in [0.29, 0.717) is 24.5 Å². The number of nitro benzene ring substituents is 1. The minimum Gasteiger partial charge on any atom is -0.380 e. The number of nitrogens with zero attached hydrogens (tertiary/aromatic N) is 3. The third-order valence-electron chi connectivity index (χ3n) is 3.12. The van der Waals surface area contributed by atoms with E-state index in [0.717, 1.165) is 5.56 Å². The summed E-state index contributed by atoms with van der Waals surface area (Å²) < 4.78 is 0. The summed E-state index contributed by atoms with van der Waals surface area (Å²) in [6.45, 7) is 3.11. The molecule has 6 heteroatoms. The Morgan fingerprint density at radius 2 is 2.14 bits per heavy atom. The van der Waals surface area contributed by atoms with Crippen LogP contribution in [0.15, 0.2) is 42.7 Å². The fourth-order valence-electron chi connectivity index (χ4n) is 2.22. The van der Waals surface area contributed by atoms with Gasteiger partial charge in [0.2, 0.25) is 0 Å². The first-order chi connectivity index (χ1) is 10.1. The van der Waals surface area contributed by atoms with Gasteiger partial charge >= 0.3 is 5.69 Å². The highest BCUT2D eigenvalue weighted by Crippen LogP contribution is 2.35. The van der Waals surface area contributed by atoms with E-state index < -0.39 is 0 Å². The second-order valence-corrected chi connectivity index (χ2v) is 4.68. The molecule has 0 aliphatic rings. The molecule has 0 aliphatic carbocycles. The van der Waals surface area contributed by atoms with Crippen LogP contribution >= 0.6 is 0 Å². The minimum atomic E-state index is -0.340. The van der Waals surface area contributed by atoms with E-state index in [1.54, 1.807) is 24.5 Å². The quantitative estimate of drug-likeness (QED) is 0.652. The number of anilines is 2. The lowest BCUT2D eigenvalue weighted by molar-refractivity contribution is -0.383. The summed E-state index contributed by atoms with van der Waals surface area (Å²) in [5.41, 5.74) is 2.23. The van der Waals surface area contributed by atoms with Gasteiger partial charge < -0.3 is 10.2 Å². The molecule has 1 N–H and O–H groups in total. The van der Waals surface area contributed by atoms with Gasteiger partial charge in [-0.1, -0.05) is 12.1 Å². The predicted molar refractivity (Wildman–Crippen MR) is 83.6 cm³/mol. The number of benzene rings is 1. The minimum absolute atomic E-state index is 0.103. The van der Waals surface area contributed by atoms with E-state index in [4.69, 9.17) is 0 Å². The molecule has 2 rings (SSSR count). The van der Waals surface area contributed by atoms with E-state index in [1.165, 1.54) is 0 Å². The average molecular weight is 286 g/mol. The summed E-state index contributed by atoms with van der Waals surface area (Å²) >= 11 is 0. The Balaban J connectivity index is 2.34. The number of aromatic nitrogens is 1. The van der Waals surface area contributed by atoms with Crippen LogP contribution in [-0.4, -0.2) is 23.5 Å². The van der Waals surface area contributed by atoms with Crippen LogP contribution in [0, 0.1) is 10.1 Å². The SMILES string of the molecule is CCNc1cccc(N(C)Cc2cccnc2)c1[N+](=O)[O-]. The lowest BCUT2D eigenvalue weighted by Crippen LogP contribution is -2.18. The molecule has 1 aromatic carbocycles. The first kappa shape index (κ1) is 14.8. The number of rotatable bonds is 6. The van der Waals surface area contributed by atoms with E-state index in [1.807, 2.05) is 37.1 Å². The zero-order chi connectivity index (χ0) is 15.2. The lowest BCUT2D eigenvalue weighted by atomic mass is 10.2. The van der Waals surface area contributed by atoms with E-state index >= 15 is 0 Å². The maximum atomic E-state index is 11.4. The highest BCUT2D eigenvalue weighted by molar-refractivity contribution is 5.76. The average Bonchev–Trinajstić information content (AvgIpc) is 2.48. The van der Waals surface area contributed by atoms with Crippen LogP contribution in [0.4, 0.5) is 17.1 Å². The molecule has 0 atom stereocenters. The van der Waals surface area contributed by atoms with E-state index in [2.05, 4.69) is 10.3 Å². The molecule has 0 radical (unpaired) electrons. The Hall–Kier alpha value is -2.63. The van der Waals surface area contributed by atoms with Crippen molar-refractivity contribution in [3.8, 4) is 0 Å². The van der Waals surface area contributed by atoms with E-state index in [9.17, 15) is 10.1 Å². The maximum absolute atomic E-state index is 11.4. The molecule has 0 fully saturated rings. The number of nitro groups is 1. The van der Waals surface area contributed by atoms with Gasteiger partial charge in [-0.2, -0.15) is 0 Å². The second-order valence-electron chi connectivity index (χ2n) is 4.68. The van der Waals surface area contributed by atoms with Gasteiger partial charge in [0.25, 0.3) is 0 Å². The van der Waals surface area contributed by atoms with Gasteiger partial charge in [-0.3, -0.25) is 15.1 Å². The van der Waals surface area contributed by atoms with Crippen molar-refractivity contribution < 1.29 is 4.92 Å². The highest BCUT2D eigenvalue weighted by atomic mass is 16.6. The molecule has 0 unspecified atom stereocenters. The van der Waals surface area contributed by atoms with Crippen molar-refractivity contribution in [2.24, 2.45) is 0 Å². The molecule has 1 heterocycles. The van der Waals surface area contributed by atoms with Crippen LogP contribution in [0.1, 0.15) is 12.5 Å². The summed E-state index contributed by atoms with van der Waals surface area (Å²) in [4.78, 5) is 17.0. The number of para-hydroxylation sites is 1. The van der Waals surface area contributed by atoms with Gasteiger partial charge in [-0.15, -0.1) is 0 Å². The van der Waals surface area contributed by atoms with E-state index in [-0.39, 0.29) is 10.6 Å². The van der Waals surface area contributed by atoms with Crippen LogP contribution in [-0.2, 0) is 6.54 Å². The summed E-state index contributed by atoms with van der Waals surface area (Å²) in [7, 11) is 1.84. The molecule has 21 heavy (non-hydrogen) atoms. The zero-order valence-corrected chi connectivity index (χ0v) is 12.1. The topological polar surface area (TPSA) is 71.3 Å². The van der Waals surface area contributed by atoms with Crippen molar-refractivity contribution in [1.29, 1.82) is 0 Å². The maximum Gasteiger partial charge on any atom is 0.315 e. The second kappa shape index (κ2) is 6.69. The highest BCUT2D eigenvalue weighted by Gasteiger charge is 2.21. The predicted octanol–water partition coefficient (Wildman–Crippen LogP) is 3.06. The molecule has 0 aliphatic heterocycles. The summed E-state index contributed by atoms with van der Waals surface area (Å²) in [6.07, 6.45) is 3.47. The molecular formula is C15H18N4O2. The Bertz CT molecular complexity index is 616. The van der Waals surface area contributed by atoms with Crippen LogP contribution in [0.2, 0.25) is 0 Å². The van der Waals surface area contributed by atoms with Crippen molar-refractivity contribution in [2.45, 2.75) is 13.5 Å². The van der Waals surface area contributed by atoms with Crippen molar-refractivity contribution >= 4 is 17.1 Å².